The van der Waals surface area contributed by atoms with Crippen molar-refractivity contribution in [1.82, 2.24) is 0 Å². The fourth-order valence-electron chi connectivity index (χ4n) is 2.49. The first-order valence-corrected chi connectivity index (χ1v) is 9.04. The largest absolute Gasteiger partial charge is 0.494 e. The summed E-state index contributed by atoms with van der Waals surface area (Å²) >= 11 is 0. The number of rotatable bonds is 3. The van der Waals surface area contributed by atoms with Crippen molar-refractivity contribution in [2.45, 2.75) is 38.9 Å². The molecule has 0 radical (unpaired) electrons. The molecule has 1 aliphatic rings. The molecule has 118 valence electrons. The zero-order valence-electron chi connectivity index (χ0n) is 13.9. The van der Waals surface area contributed by atoms with Gasteiger partial charge in [0.05, 0.1) is 11.2 Å². The molecule has 0 bridgehead atoms. The minimum Gasteiger partial charge on any atom is -0.399 e. The number of hydrogen-bond acceptors (Lipinski definition) is 3. The molecule has 0 amide bonds. The van der Waals surface area contributed by atoms with Crippen molar-refractivity contribution in [3.05, 3.63) is 54.6 Å². The van der Waals surface area contributed by atoms with E-state index in [0.29, 0.717) is 0 Å². The molecule has 1 fully saturated rings. The van der Waals surface area contributed by atoms with Crippen LogP contribution in [0, 0.1) is 0 Å². The van der Waals surface area contributed by atoms with Crippen LogP contribution in [-0.2, 0) is 13.9 Å². The highest BCUT2D eigenvalue weighted by molar-refractivity contribution is 7.61. The Kier molecular flexibility index (Phi) is 4.18. The molecule has 2 aromatic carbocycles. The van der Waals surface area contributed by atoms with E-state index in [-0.39, 0.29) is 11.2 Å². The predicted octanol–water partition coefficient (Wildman–Crippen LogP) is 2.76. The smallest absolute Gasteiger partial charge is 0.399 e. The van der Waals surface area contributed by atoms with Crippen molar-refractivity contribution in [1.29, 1.82) is 0 Å². The van der Waals surface area contributed by atoms with Gasteiger partial charge in [0.1, 0.15) is 0 Å². The van der Waals surface area contributed by atoms with Crippen LogP contribution in [0.4, 0.5) is 0 Å². The Bertz CT molecular complexity index is 712. The van der Waals surface area contributed by atoms with Crippen LogP contribution < -0.4 is 16.1 Å². The fraction of sp³-hybridized carbons (Fsp3) is 0.333. The fourth-order valence-corrected chi connectivity index (χ4v) is 3.72. The molecular formula is C18H21BO3P+. The van der Waals surface area contributed by atoms with Gasteiger partial charge in [-0.15, -0.1) is 0 Å². The van der Waals surface area contributed by atoms with Gasteiger partial charge in [-0.05, 0) is 57.4 Å². The van der Waals surface area contributed by atoms with E-state index in [4.69, 9.17) is 9.31 Å². The van der Waals surface area contributed by atoms with Crippen LogP contribution in [0.15, 0.2) is 54.6 Å². The topological polar surface area (TPSA) is 35.5 Å². The van der Waals surface area contributed by atoms with Gasteiger partial charge in [-0.3, -0.25) is 0 Å². The maximum absolute atomic E-state index is 12.7. The van der Waals surface area contributed by atoms with Crippen molar-refractivity contribution in [2.24, 2.45) is 0 Å². The van der Waals surface area contributed by atoms with Crippen molar-refractivity contribution in [2.75, 3.05) is 0 Å². The molecule has 1 unspecified atom stereocenters. The molecule has 2 aromatic rings. The van der Waals surface area contributed by atoms with E-state index in [1.165, 1.54) is 0 Å². The third-order valence-electron chi connectivity index (χ3n) is 4.62. The summed E-state index contributed by atoms with van der Waals surface area (Å²) in [6.07, 6.45) is 0. The van der Waals surface area contributed by atoms with Gasteiger partial charge in [0, 0.05) is 0 Å². The van der Waals surface area contributed by atoms with E-state index in [2.05, 4.69) is 0 Å². The average Bonchev–Trinajstić information content (AvgIpc) is 2.76. The molecule has 1 atom stereocenters. The summed E-state index contributed by atoms with van der Waals surface area (Å²) in [7, 11) is -2.04. The van der Waals surface area contributed by atoms with Crippen LogP contribution in [-0.4, -0.2) is 18.3 Å². The first-order chi connectivity index (χ1) is 10.8. The summed E-state index contributed by atoms with van der Waals surface area (Å²) in [5, 5.41) is 1.62. The Labute approximate surface area is 138 Å². The van der Waals surface area contributed by atoms with E-state index < -0.39 is 14.9 Å². The van der Waals surface area contributed by atoms with Crippen LogP contribution in [0.3, 0.4) is 0 Å². The summed E-state index contributed by atoms with van der Waals surface area (Å²) in [5.41, 5.74) is 0.144. The Balaban J connectivity index is 1.89. The highest BCUT2D eigenvalue weighted by Crippen LogP contribution is 2.36. The Morgan fingerprint density at radius 2 is 1.39 bits per heavy atom. The summed E-state index contributed by atoms with van der Waals surface area (Å²) in [6, 6.07) is 17.2. The van der Waals surface area contributed by atoms with Gasteiger partial charge in [-0.25, -0.2) is 0 Å². The molecule has 1 saturated heterocycles. The Hall–Kier alpha value is -1.48. The molecule has 23 heavy (non-hydrogen) atoms. The first-order valence-electron chi connectivity index (χ1n) is 7.78. The van der Waals surface area contributed by atoms with Crippen molar-refractivity contribution in [3.63, 3.8) is 0 Å². The molecule has 0 saturated carbocycles. The second-order valence-corrected chi connectivity index (χ2v) is 8.43. The standard InChI is InChI=1S/C18H21BO3P/c1-17(2)18(3,4)22-19(21-17)14-9-8-12-16(13-14)23(20)15-10-6-5-7-11-15/h5-13H,1-4H3/q+1. The number of benzene rings is 2. The van der Waals surface area contributed by atoms with Crippen LogP contribution >= 0.6 is 7.80 Å². The maximum atomic E-state index is 12.7. The second-order valence-electron chi connectivity index (χ2n) is 6.81. The average molecular weight is 327 g/mol. The molecule has 0 N–H and O–H groups in total. The Morgan fingerprint density at radius 1 is 0.826 bits per heavy atom. The lowest BCUT2D eigenvalue weighted by atomic mass is 9.79. The van der Waals surface area contributed by atoms with Crippen LogP contribution in [0.5, 0.6) is 0 Å². The second kappa shape index (κ2) is 5.87. The Morgan fingerprint density at radius 3 is 2.00 bits per heavy atom. The lowest BCUT2D eigenvalue weighted by Gasteiger charge is -2.32. The molecule has 1 aliphatic heterocycles. The molecule has 3 nitrogen and oxygen atoms in total. The quantitative estimate of drug-likeness (QED) is 0.642. The normalized spacial score (nSPS) is 19.7. The van der Waals surface area contributed by atoms with Gasteiger partial charge in [0.2, 0.25) is 0 Å². The zero-order valence-corrected chi connectivity index (χ0v) is 14.8. The summed E-state index contributed by atoms with van der Waals surface area (Å²) < 4.78 is 24.9. The molecule has 3 rings (SSSR count). The first kappa shape index (κ1) is 16.4. The molecule has 0 aliphatic carbocycles. The SMILES string of the molecule is CC1(C)OB(c2cccc([P+](=O)c3ccccc3)c2)OC1(C)C. The van der Waals surface area contributed by atoms with Crippen LogP contribution in [0.25, 0.3) is 0 Å². The van der Waals surface area contributed by atoms with E-state index in [1.54, 1.807) is 0 Å². The van der Waals surface area contributed by atoms with Crippen LogP contribution in [0.1, 0.15) is 27.7 Å². The number of hydrogen-bond donors (Lipinski definition) is 0. The van der Waals surface area contributed by atoms with E-state index in [1.807, 2.05) is 82.3 Å². The minimum absolute atomic E-state index is 0.380. The summed E-state index contributed by atoms with van der Waals surface area (Å²) in [5.74, 6) is 0. The highest BCUT2D eigenvalue weighted by Gasteiger charge is 2.51. The van der Waals surface area contributed by atoms with E-state index in [9.17, 15) is 4.57 Å². The van der Waals surface area contributed by atoms with Crippen molar-refractivity contribution in [3.8, 4) is 0 Å². The zero-order chi connectivity index (χ0) is 16.7. The van der Waals surface area contributed by atoms with Gasteiger partial charge in [-0.2, -0.15) is 0 Å². The summed E-state index contributed by atoms with van der Waals surface area (Å²) in [4.78, 5) is 0. The maximum Gasteiger partial charge on any atom is 0.494 e. The predicted molar refractivity (Wildman–Crippen MR) is 95.5 cm³/mol. The van der Waals surface area contributed by atoms with E-state index >= 15 is 0 Å². The molecule has 0 spiro atoms. The van der Waals surface area contributed by atoms with Crippen LogP contribution in [0.2, 0.25) is 0 Å². The third kappa shape index (κ3) is 3.12. The minimum atomic E-state index is -1.61. The molecular weight excluding hydrogens is 306 g/mol. The van der Waals surface area contributed by atoms with E-state index in [0.717, 1.165) is 16.1 Å². The lowest BCUT2D eigenvalue weighted by molar-refractivity contribution is 0.00578. The lowest BCUT2D eigenvalue weighted by Crippen LogP contribution is -2.41. The molecule has 1 heterocycles. The van der Waals surface area contributed by atoms with Gasteiger partial charge in [0.25, 0.3) is 0 Å². The molecule has 5 heteroatoms. The highest BCUT2D eigenvalue weighted by atomic mass is 31.1. The molecule has 0 aromatic heterocycles. The monoisotopic (exact) mass is 327 g/mol. The third-order valence-corrected chi connectivity index (χ3v) is 6.14. The van der Waals surface area contributed by atoms with Gasteiger partial charge >= 0.3 is 14.9 Å². The van der Waals surface area contributed by atoms with Gasteiger partial charge in [-0.1, -0.05) is 34.9 Å². The van der Waals surface area contributed by atoms with Crippen molar-refractivity contribution < 1.29 is 13.9 Å². The summed E-state index contributed by atoms with van der Waals surface area (Å²) in [6.45, 7) is 8.12. The van der Waals surface area contributed by atoms with Gasteiger partial charge in [0.15, 0.2) is 10.6 Å². The van der Waals surface area contributed by atoms with Crippen molar-refractivity contribution >= 4 is 31.0 Å². The van der Waals surface area contributed by atoms with Gasteiger partial charge < -0.3 is 9.31 Å².